The number of hydrogen-bond acceptors (Lipinski definition) is 5. The van der Waals surface area contributed by atoms with E-state index in [9.17, 15) is 4.79 Å². The van der Waals surface area contributed by atoms with Gasteiger partial charge in [-0.05, 0) is 42.8 Å². The molecule has 4 aromatic rings. The third kappa shape index (κ3) is 3.59. The molecule has 136 valence electrons. The number of ether oxygens (including phenoxy) is 1. The van der Waals surface area contributed by atoms with Gasteiger partial charge in [0.2, 0.25) is 4.96 Å². The molecule has 0 bridgehead atoms. The largest absolute Gasteiger partial charge is 0.493 e. The number of halogens is 1. The third-order valence-electron chi connectivity index (χ3n) is 3.95. The zero-order chi connectivity index (χ0) is 18.8. The highest BCUT2D eigenvalue weighted by Crippen LogP contribution is 2.20. The van der Waals surface area contributed by atoms with E-state index in [0.717, 1.165) is 23.3 Å². The number of hydrogen-bond donors (Lipinski definition) is 0. The number of aromatic nitrogens is 3. The molecule has 0 saturated heterocycles. The van der Waals surface area contributed by atoms with Crippen molar-refractivity contribution in [2.75, 3.05) is 6.61 Å². The summed E-state index contributed by atoms with van der Waals surface area (Å²) in [6.07, 6.45) is 2.75. The van der Waals surface area contributed by atoms with Gasteiger partial charge in [0, 0.05) is 16.1 Å². The molecule has 0 atom stereocenters. The van der Waals surface area contributed by atoms with Crippen LogP contribution in [-0.4, -0.2) is 21.2 Å². The summed E-state index contributed by atoms with van der Waals surface area (Å²) in [5.74, 6) is 1.27. The summed E-state index contributed by atoms with van der Waals surface area (Å²) in [6.45, 7) is 2.69. The second-order valence-electron chi connectivity index (χ2n) is 5.94. The molecule has 5 nitrogen and oxygen atoms in total. The number of thiazole rings is 1. The fourth-order valence-electron chi connectivity index (χ4n) is 2.64. The lowest BCUT2D eigenvalue weighted by Gasteiger charge is -2.07. The Balaban J connectivity index is 1.75. The van der Waals surface area contributed by atoms with Crippen LogP contribution in [0.5, 0.6) is 5.75 Å². The molecular formula is C20H16ClN3O2S. The fourth-order valence-corrected chi connectivity index (χ4v) is 3.66. The average Bonchev–Trinajstić information content (AvgIpc) is 3.21. The predicted octanol–water partition coefficient (Wildman–Crippen LogP) is 3.81. The SMILES string of the molecule is CCCOc1ccccc1C=c1sc2nc(-c3ccc(Cl)cc3)nn2c1=O. The second-order valence-corrected chi connectivity index (χ2v) is 7.38. The Morgan fingerprint density at radius 3 is 2.70 bits per heavy atom. The van der Waals surface area contributed by atoms with Gasteiger partial charge in [0.15, 0.2) is 5.82 Å². The van der Waals surface area contributed by atoms with E-state index in [-0.39, 0.29) is 5.56 Å². The normalized spacial score (nSPS) is 12.0. The monoisotopic (exact) mass is 397 g/mol. The molecule has 27 heavy (non-hydrogen) atoms. The second kappa shape index (κ2) is 7.50. The maximum Gasteiger partial charge on any atom is 0.291 e. The van der Waals surface area contributed by atoms with Crippen LogP contribution in [0.1, 0.15) is 18.9 Å². The molecule has 0 aliphatic heterocycles. The van der Waals surface area contributed by atoms with E-state index in [1.807, 2.05) is 42.5 Å². The lowest BCUT2D eigenvalue weighted by molar-refractivity contribution is 0.317. The summed E-state index contributed by atoms with van der Waals surface area (Å²) >= 11 is 7.23. The lowest BCUT2D eigenvalue weighted by Crippen LogP contribution is -2.23. The smallest absolute Gasteiger partial charge is 0.291 e. The minimum atomic E-state index is -0.187. The van der Waals surface area contributed by atoms with E-state index in [0.29, 0.717) is 26.9 Å². The van der Waals surface area contributed by atoms with Crippen LogP contribution in [0, 0.1) is 0 Å². The number of para-hydroxylation sites is 1. The Bertz CT molecular complexity index is 1200. The first-order valence-corrected chi connectivity index (χ1v) is 9.74. The predicted molar refractivity (Wildman–Crippen MR) is 109 cm³/mol. The molecule has 2 heterocycles. The van der Waals surface area contributed by atoms with Crippen LogP contribution in [-0.2, 0) is 0 Å². The summed E-state index contributed by atoms with van der Waals surface area (Å²) in [7, 11) is 0. The van der Waals surface area contributed by atoms with Gasteiger partial charge in [-0.25, -0.2) is 0 Å². The van der Waals surface area contributed by atoms with Gasteiger partial charge < -0.3 is 4.74 Å². The Morgan fingerprint density at radius 2 is 1.96 bits per heavy atom. The van der Waals surface area contributed by atoms with Gasteiger partial charge in [0.25, 0.3) is 5.56 Å². The molecule has 0 amide bonds. The van der Waals surface area contributed by atoms with Crippen LogP contribution in [0.15, 0.2) is 53.3 Å². The van der Waals surface area contributed by atoms with Crippen LogP contribution in [0.3, 0.4) is 0 Å². The van der Waals surface area contributed by atoms with E-state index >= 15 is 0 Å². The van der Waals surface area contributed by atoms with Crippen LogP contribution < -0.4 is 14.8 Å². The van der Waals surface area contributed by atoms with Crippen LogP contribution in [0.25, 0.3) is 22.4 Å². The van der Waals surface area contributed by atoms with E-state index in [1.165, 1.54) is 15.9 Å². The Kier molecular flexibility index (Phi) is 4.92. The van der Waals surface area contributed by atoms with Gasteiger partial charge >= 0.3 is 0 Å². The molecule has 0 saturated carbocycles. The molecule has 0 N–H and O–H groups in total. The van der Waals surface area contributed by atoms with E-state index in [2.05, 4.69) is 17.0 Å². The van der Waals surface area contributed by atoms with Crippen molar-refractivity contribution in [3.63, 3.8) is 0 Å². The molecular weight excluding hydrogens is 382 g/mol. The maximum absolute atomic E-state index is 12.7. The van der Waals surface area contributed by atoms with Crippen molar-refractivity contribution in [3.8, 4) is 17.1 Å². The van der Waals surface area contributed by atoms with Gasteiger partial charge in [-0.15, -0.1) is 5.10 Å². The molecule has 2 aromatic heterocycles. The highest BCUT2D eigenvalue weighted by atomic mass is 35.5. The summed E-state index contributed by atoms with van der Waals surface area (Å²) in [6, 6.07) is 14.9. The van der Waals surface area contributed by atoms with Crippen LogP contribution >= 0.6 is 22.9 Å². The van der Waals surface area contributed by atoms with Gasteiger partial charge in [-0.1, -0.05) is 48.1 Å². The van der Waals surface area contributed by atoms with Crippen molar-refractivity contribution in [1.29, 1.82) is 0 Å². The zero-order valence-corrected chi connectivity index (χ0v) is 16.1. The highest BCUT2D eigenvalue weighted by Gasteiger charge is 2.12. The molecule has 4 rings (SSSR count). The van der Waals surface area contributed by atoms with Gasteiger partial charge in [-0.3, -0.25) is 4.79 Å². The summed E-state index contributed by atoms with van der Waals surface area (Å²) < 4.78 is 7.68. The average molecular weight is 398 g/mol. The van der Waals surface area contributed by atoms with Gasteiger partial charge in [0.1, 0.15) is 5.75 Å². The van der Waals surface area contributed by atoms with Gasteiger partial charge in [0.05, 0.1) is 11.1 Å². The molecule has 0 aliphatic rings. The number of nitrogens with zero attached hydrogens (tertiary/aromatic N) is 3. The summed E-state index contributed by atoms with van der Waals surface area (Å²) in [4.78, 5) is 17.8. The fraction of sp³-hybridized carbons (Fsp3) is 0.150. The number of benzene rings is 2. The van der Waals surface area contributed by atoms with Crippen molar-refractivity contribution in [2.45, 2.75) is 13.3 Å². The first-order valence-electron chi connectivity index (χ1n) is 8.55. The van der Waals surface area contributed by atoms with Crippen molar-refractivity contribution in [2.24, 2.45) is 0 Å². The van der Waals surface area contributed by atoms with Crippen molar-refractivity contribution in [1.82, 2.24) is 14.6 Å². The molecule has 0 aliphatic carbocycles. The van der Waals surface area contributed by atoms with Crippen molar-refractivity contribution in [3.05, 3.63) is 74.0 Å². The molecule has 0 unspecified atom stereocenters. The van der Waals surface area contributed by atoms with E-state index < -0.39 is 0 Å². The minimum Gasteiger partial charge on any atom is -0.493 e. The van der Waals surface area contributed by atoms with Gasteiger partial charge in [-0.2, -0.15) is 9.50 Å². The first kappa shape index (κ1) is 17.7. The number of rotatable bonds is 5. The number of fused-ring (bicyclic) bond motifs is 1. The minimum absolute atomic E-state index is 0.187. The molecule has 2 aromatic carbocycles. The molecule has 0 radical (unpaired) electrons. The maximum atomic E-state index is 12.7. The molecule has 0 spiro atoms. The Hall–Kier alpha value is -2.70. The molecule has 0 fully saturated rings. The summed E-state index contributed by atoms with van der Waals surface area (Å²) in [5.41, 5.74) is 1.50. The van der Waals surface area contributed by atoms with Crippen LogP contribution in [0.2, 0.25) is 5.02 Å². The zero-order valence-electron chi connectivity index (χ0n) is 14.6. The highest BCUT2D eigenvalue weighted by molar-refractivity contribution is 7.15. The Labute approximate surface area is 164 Å². The van der Waals surface area contributed by atoms with Crippen LogP contribution in [0.4, 0.5) is 0 Å². The summed E-state index contributed by atoms with van der Waals surface area (Å²) in [5, 5.41) is 5.00. The quantitative estimate of drug-likeness (QED) is 0.514. The lowest BCUT2D eigenvalue weighted by atomic mass is 10.2. The van der Waals surface area contributed by atoms with Crippen molar-refractivity contribution >= 4 is 34.0 Å². The van der Waals surface area contributed by atoms with E-state index in [4.69, 9.17) is 16.3 Å². The van der Waals surface area contributed by atoms with E-state index in [1.54, 1.807) is 12.1 Å². The molecule has 7 heteroatoms. The third-order valence-corrected chi connectivity index (χ3v) is 5.16. The first-order chi connectivity index (χ1) is 13.2. The van der Waals surface area contributed by atoms with Crippen molar-refractivity contribution < 1.29 is 4.74 Å². The topological polar surface area (TPSA) is 56.5 Å². The Morgan fingerprint density at radius 1 is 1.19 bits per heavy atom. The standard InChI is InChI=1S/C20H16ClN3O2S/c1-2-11-26-16-6-4-3-5-14(16)12-17-19(25)24-20(27-17)22-18(23-24)13-7-9-15(21)10-8-13/h3-10,12H,2,11H2,1H3.